The minimum atomic E-state index is -3.82. The van der Waals surface area contributed by atoms with Gasteiger partial charge in [-0.25, -0.2) is 13.3 Å². The summed E-state index contributed by atoms with van der Waals surface area (Å²) in [5, 5.41) is 0. The Bertz CT molecular complexity index is 1200. The number of fused-ring (bicyclic) bond motifs is 1. The number of amides is 2. The minimum absolute atomic E-state index is 0.0274. The van der Waals surface area contributed by atoms with Crippen LogP contribution in [0.2, 0.25) is 0 Å². The molecular weight excluding hydrogens is 402 g/mol. The summed E-state index contributed by atoms with van der Waals surface area (Å²) in [4.78, 5) is 28.1. The molecule has 152 valence electrons. The summed E-state index contributed by atoms with van der Waals surface area (Å²) in [5.41, 5.74) is 2.37. The van der Waals surface area contributed by atoms with Crippen LogP contribution in [0.5, 0.6) is 0 Å². The van der Waals surface area contributed by atoms with E-state index in [-0.39, 0.29) is 4.90 Å². The number of hydrogen-bond acceptors (Lipinski definition) is 5. The Hall–Kier alpha value is -3.65. The van der Waals surface area contributed by atoms with Crippen LogP contribution in [0, 0.1) is 0 Å². The fourth-order valence-electron chi connectivity index (χ4n) is 3.24. The van der Waals surface area contributed by atoms with E-state index in [1.807, 2.05) is 31.1 Å². The molecule has 0 bridgehead atoms. The van der Waals surface area contributed by atoms with Crippen LogP contribution in [0.1, 0.15) is 20.7 Å². The van der Waals surface area contributed by atoms with Crippen molar-refractivity contribution < 1.29 is 18.0 Å². The van der Waals surface area contributed by atoms with Gasteiger partial charge in [0.1, 0.15) is 0 Å². The maximum atomic E-state index is 12.7. The maximum Gasteiger partial charge on any atom is 0.266 e. The molecule has 0 aromatic heterocycles. The molecule has 0 fully saturated rings. The Morgan fingerprint density at radius 3 is 1.80 bits per heavy atom. The van der Waals surface area contributed by atoms with Crippen LogP contribution in [-0.2, 0) is 10.0 Å². The molecule has 0 aliphatic carbocycles. The zero-order valence-electron chi connectivity index (χ0n) is 16.4. The second-order valence-electron chi connectivity index (χ2n) is 7.03. The van der Waals surface area contributed by atoms with Gasteiger partial charge in [-0.1, -0.05) is 12.1 Å². The third-order valence-corrected chi connectivity index (χ3v) is 6.23. The smallest absolute Gasteiger partial charge is 0.266 e. The lowest BCUT2D eigenvalue weighted by atomic mass is 10.1. The van der Waals surface area contributed by atoms with Crippen molar-refractivity contribution in [2.75, 3.05) is 28.6 Å². The highest BCUT2D eigenvalue weighted by atomic mass is 32.2. The number of hydrogen-bond donors (Lipinski definition) is 1. The molecule has 7 nitrogen and oxygen atoms in total. The average Bonchev–Trinajstić information content (AvgIpc) is 2.99. The van der Waals surface area contributed by atoms with Gasteiger partial charge in [0.15, 0.2) is 0 Å². The first-order chi connectivity index (χ1) is 14.3. The molecule has 1 aliphatic heterocycles. The summed E-state index contributed by atoms with van der Waals surface area (Å²) in [5.74, 6) is -0.851. The van der Waals surface area contributed by atoms with E-state index in [0.29, 0.717) is 22.5 Å². The van der Waals surface area contributed by atoms with E-state index in [2.05, 4.69) is 4.72 Å². The summed E-state index contributed by atoms with van der Waals surface area (Å²) in [6, 6.07) is 19.2. The number of anilines is 3. The zero-order valence-corrected chi connectivity index (χ0v) is 17.2. The lowest BCUT2D eigenvalue weighted by molar-refractivity contribution is 0.0926. The number of carbonyl (C=O) groups excluding carboxylic acids is 2. The first-order valence-corrected chi connectivity index (χ1v) is 10.6. The van der Waals surface area contributed by atoms with E-state index in [1.165, 1.54) is 24.3 Å². The molecule has 30 heavy (non-hydrogen) atoms. The molecule has 0 radical (unpaired) electrons. The van der Waals surface area contributed by atoms with Crippen molar-refractivity contribution in [3.05, 3.63) is 83.9 Å². The molecule has 3 aromatic rings. The fourth-order valence-corrected chi connectivity index (χ4v) is 4.30. The molecule has 2 amide bonds. The van der Waals surface area contributed by atoms with Crippen molar-refractivity contribution in [3.63, 3.8) is 0 Å². The van der Waals surface area contributed by atoms with Gasteiger partial charge < -0.3 is 4.90 Å². The van der Waals surface area contributed by atoms with Crippen LogP contribution in [0.4, 0.5) is 17.1 Å². The van der Waals surface area contributed by atoms with E-state index >= 15 is 0 Å². The second-order valence-corrected chi connectivity index (χ2v) is 8.71. The SMILES string of the molecule is CN(C)c1ccc(NS(=O)(=O)c2ccc(N3C(=O)c4ccccc4C3=O)cc2)cc1. The van der Waals surface area contributed by atoms with Crippen LogP contribution in [0.15, 0.2) is 77.7 Å². The van der Waals surface area contributed by atoms with E-state index in [1.54, 1.807) is 36.4 Å². The molecule has 8 heteroatoms. The van der Waals surface area contributed by atoms with E-state index in [9.17, 15) is 18.0 Å². The molecular formula is C22H19N3O4S. The topological polar surface area (TPSA) is 86.8 Å². The van der Waals surface area contributed by atoms with Crippen LogP contribution >= 0.6 is 0 Å². The number of carbonyl (C=O) groups is 2. The maximum absolute atomic E-state index is 12.7. The van der Waals surface area contributed by atoms with Gasteiger partial charge in [-0.3, -0.25) is 14.3 Å². The van der Waals surface area contributed by atoms with E-state index < -0.39 is 21.8 Å². The fraction of sp³-hybridized carbons (Fsp3) is 0.0909. The van der Waals surface area contributed by atoms with Crippen LogP contribution in [-0.4, -0.2) is 34.3 Å². The van der Waals surface area contributed by atoms with Gasteiger partial charge in [-0.05, 0) is 60.7 Å². The van der Waals surface area contributed by atoms with Gasteiger partial charge >= 0.3 is 0 Å². The average molecular weight is 421 g/mol. The summed E-state index contributed by atoms with van der Waals surface area (Å²) < 4.78 is 27.9. The Morgan fingerprint density at radius 2 is 1.30 bits per heavy atom. The number of imide groups is 1. The molecule has 4 rings (SSSR count). The van der Waals surface area contributed by atoms with Crippen LogP contribution < -0.4 is 14.5 Å². The monoisotopic (exact) mass is 421 g/mol. The Balaban J connectivity index is 1.56. The molecule has 1 aliphatic rings. The highest BCUT2D eigenvalue weighted by Gasteiger charge is 2.36. The predicted octanol–water partition coefficient (Wildman–Crippen LogP) is 3.35. The highest BCUT2D eigenvalue weighted by molar-refractivity contribution is 7.92. The Morgan fingerprint density at radius 1 is 0.767 bits per heavy atom. The third kappa shape index (κ3) is 3.42. The van der Waals surface area contributed by atoms with Crippen molar-refractivity contribution in [1.29, 1.82) is 0 Å². The summed E-state index contributed by atoms with van der Waals surface area (Å²) in [6.45, 7) is 0. The largest absolute Gasteiger partial charge is 0.378 e. The number of rotatable bonds is 5. The lowest BCUT2D eigenvalue weighted by Crippen LogP contribution is -2.29. The van der Waals surface area contributed by atoms with Gasteiger partial charge in [0.2, 0.25) is 0 Å². The quantitative estimate of drug-likeness (QED) is 0.639. The van der Waals surface area contributed by atoms with Crippen LogP contribution in [0.25, 0.3) is 0 Å². The molecule has 1 heterocycles. The minimum Gasteiger partial charge on any atom is -0.378 e. The van der Waals surface area contributed by atoms with E-state index in [0.717, 1.165) is 10.6 Å². The van der Waals surface area contributed by atoms with Gasteiger partial charge in [-0.15, -0.1) is 0 Å². The summed E-state index contributed by atoms with van der Waals surface area (Å²) in [6.07, 6.45) is 0. The number of nitrogens with one attached hydrogen (secondary N) is 1. The predicted molar refractivity (Wildman–Crippen MR) is 116 cm³/mol. The molecule has 0 saturated heterocycles. The standard InChI is InChI=1S/C22H19N3O4S/c1-24(2)16-9-7-15(8-10-16)23-30(28,29)18-13-11-17(12-14-18)25-21(26)19-5-3-4-6-20(19)22(25)27/h3-14,23H,1-2H3. The summed E-state index contributed by atoms with van der Waals surface area (Å²) >= 11 is 0. The van der Waals surface area contributed by atoms with Crippen molar-refractivity contribution in [2.45, 2.75) is 4.90 Å². The molecule has 1 N–H and O–H groups in total. The molecule has 0 atom stereocenters. The number of nitrogens with zero attached hydrogens (tertiary/aromatic N) is 2. The van der Waals surface area contributed by atoms with Crippen molar-refractivity contribution >= 4 is 38.9 Å². The van der Waals surface area contributed by atoms with Crippen molar-refractivity contribution in [1.82, 2.24) is 0 Å². The normalized spacial score (nSPS) is 13.3. The summed E-state index contributed by atoms with van der Waals surface area (Å²) in [7, 11) is -0.0235. The first kappa shape index (κ1) is 19.7. The van der Waals surface area contributed by atoms with Crippen LogP contribution in [0.3, 0.4) is 0 Å². The van der Waals surface area contributed by atoms with Gasteiger partial charge in [-0.2, -0.15) is 0 Å². The molecule has 0 unspecified atom stereocenters. The first-order valence-electron chi connectivity index (χ1n) is 9.16. The van der Waals surface area contributed by atoms with Gasteiger partial charge in [0.25, 0.3) is 21.8 Å². The molecule has 0 saturated carbocycles. The third-order valence-electron chi connectivity index (χ3n) is 4.84. The number of benzene rings is 3. The molecule has 3 aromatic carbocycles. The van der Waals surface area contributed by atoms with Gasteiger partial charge in [0, 0.05) is 25.5 Å². The lowest BCUT2D eigenvalue weighted by Gasteiger charge is -2.15. The Labute approximate surface area is 174 Å². The Kier molecular flexibility index (Phi) is 4.79. The number of sulfonamides is 1. The second kappa shape index (κ2) is 7.31. The van der Waals surface area contributed by atoms with E-state index in [4.69, 9.17) is 0 Å². The van der Waals surface area contributed by atoms with Crippen molar-refractivity contribution in [3.8, 4) is 0 Å². The van der Waals surface area contributed by atoms with Crippen molar-refractivity contribution in [2.24, 2.45) is 0 Å². The van der Waals surface area contributed by atoms with Gasteiger partial charge in [0.05, 0.1) is 21.7 Å². The zero-order chi connectivity index (χ0) is 21.5. The molecule has 0 spiro atoms. The highest BCUT2D eigenvalue weighted by Crippen LogP contribution is 2.29.